The van der Waals surface area contributed by atoms with Crippen LogP contribution in [0.2, 0.25) is 5.02 Å². The summed E-state index contributed by atoms with van der Waals surface area (Å²) in [5.74, 6) is 0.156. The zero-order valence-corrected chi connectivity index (χ0v) is 21.2. The number of aryl methyl sites for hydroxylation is 2. The van der Waals surface area contributed by atoms with Crippen LogP contribution in [0.15, 0.2) is 48.5 Å². The molecule has 1 aliphatic rings. The number of aromatic nitrogens is 3. The smallest absolute Gasteiger partial charge is 0.274 e. The normalized spacial score (nSPS) is 13.2. The summed E-state index contributed by atoms with van der Waals surface area (Å²) in [7, 11) is 1.82. The Hall–Kier alpha value is -3.23. The minimum Gasteiger partial charge on any atom is -0.349 e. The van der Waals surface area contributed by atoms with E-state index in [4.69, 9.17) is 11.6 Å². The van der Waals surface area contributed by atoms with Gasteiger partial charge >= 0.3 is 0 Å². The maximum absolute atomic E-state index is 13.6. The highest BCUT2D eigenvalue weighted by atomic mass is 35.5. The van der Waals surface area contributed by atoms with Crippen molar-refractivity contribution in [1.82, 2.24) is 25.0 Å². The Bertz CT molecular complexity index is 1390. The van der Waals surface area contributed by atoms with Crippen LogP contribution in [0.1, 0.15) is 38.8 Å². The van der Waals surface area contributed by atoms with Gasteiger partial charge in [0.2, 0.25) is 0 Å². The average molecular weight is 508 g/mol. The molecular weight excluding hydrogens is 482 g/mol. The van der Waals surface area contributed by atoms with E-state index in [9.17, 15) is 9.59 Å². The zero-order chi connectivity index (χ0) is 24.5. The maximum atomic E-state index is 13.6. The summed E-state index contributed by atoms with van der Waals surface area (Å²) in [6.45, 7) is 3.31. The summed E-state index contributed by atoms with van der Waals surface area (Å²) in [6, 6.07) is 15.1. The molecule has 1 saturated carbocycles. The molecule has 1 fully saturated rings. The number of nitrogens with zero attached hydrogens (tertiary/aromatic N) is 4. The lowest BCUT2D eigenvalue weighted by atomic mass is 10.1. The predicted octanol–water partition coefficient (Wildman–Crippen LogP) is 4.94. The number of carbonyl (C=O) groups excluding carboxylic acids is 2. The molecule has 180 valence electrons. The zero-order valence-electron chi connectivity index (χ0n) is 19.6. The molecule has 0 saturated heterocycles. The number of fused-ring (bicyclic) bond motifs is 1. The number of nitrogens with one attached hydrogen (secondary N) is 1. The molecule has 2 amide bonds. The topological polar surface area (TPSA) is 80.1 Å². The van der Waals surface area contributed by atoms with Crippen molar-refractivity contribution in [3.05, 3.63) is 69.9 Å². The van der Waals surface area contributed by atoms with Gasteiger partial charge in [-0.3, -0.25) is 14.3 Å². The number of benzene rings is 2. The molecule has 0 bridgehead atoms. The summed E-state index contributed by atoms with van der Waals surface area (Å²) in [5, 5.41) is 9.63. The summed E-state index contributed by atoms with van der Waals surface area (Å²) in [6.07, 6.45) is 2.24. The van der Waals surface area contributed by atoms with Gasteiger partial charge in [-0.1, -0.05) is 41.9 Å². The van der Waals surface area contributed by atoms with Crippen LogP contribution in [-0.2, 0) is 7.05 Å². The quantitative estimate of drug-likeness (QED) is 0.366. The standard InChI is InChI=1S/C26H26ClN5O2S/c1-16-29-23(24(35-16)18-9-11-19(27)12-10-18)26(34)32(15-17-7-8-17)14-13-28-25(33)22-20-5-3-4-6-21(20)31(2)30-22/h3-6,9-12,17H,7-8,13-15H2,1-2H3,(H,28,33). The molecule has 0 aliphatic heterocycles. The van der Waals surface area contributed by atoms with Crippen molar-refractivity contribution in [3.8, 4) is 10.4 Å². The summed E-state index contributed by atoms with van der Waals surface area (Å²) < 4.78 is 1.70. The van der Waals surface area contributed by atoms with Gasteiger partial charge < -0.3 is 10.2 Å². The van der Waals surface area contributed by atoms with Crippen molar-refractivity contribution in [2.24, 2.45) is 13.0 Å². The van der Waals surface area contributed by atoms with E-state index >= 15 is 0 Å². The average Bonchev–Trinajstić information content (AvgIpc) is 3.50. The van der Waals surface area contributed by atoms with Gasteiger partial charge in [0.05, 0.1) is 15.4 Å². The van der Waals surface area contributed by atoms with Crippen LogP contribution < -0.4 is 5.32 Å². The van der Waals surface area contributed by atoms with Gasteiger partial charge in [0.15, 0.2) is 5.69 Å². The molecule has 0 spiro atoms. The van der Waals surface area contributed by atoms with E-state index < -0.39 is 0 Å². The number of halogens is 1. The third kappa shape index (κ3) is 5.09. The van der Waals surface area contributed by atoms with Gasteiger partial charge in [0, 0.05) is 37.1 Å². The molecule has 0 radical (unpaired) electrons. The highest BCUT2D eigenvalue weighted by Gasteiger charge is 2.30. The highest BCUT2D eigenvalue weighted by molar-refractivity contribution is 7.15. The summed E-state index contributed by atoms with van der Waals surface area (Å²) in [4.78, 5) is 33.8. The number of carbonyl (C=O) groups is 2. The van der Waals surface area contributed by atoms with E-state index in [1.54, 1.807) is 4.68 Å². The number of rotatable bonds is 8. The Balaban J connectivity index is 1.31. The minimum absolute atomic E-state index is 0.108. The van der Waals surface area contributed by atoms with Gasteiger partial charge in [-0.15, -0.1) is 11.3 Å². The number of para-hydroxylation sites is 1. The molecule has 2 heterocycles. The largest absolute Gasteiger partial charge is 0.349 e. The molecule has 0 unspecified atom stereocenters. The summed E-state index contributed by atoms with van der Waals surface area (Å²) in [5.41, 5.74) is 2.67. The second kappa shape index (κ2) is 9.79. The van der Waals surface area contributed by atoms with E-state index in [1.165, 1.54) is 11.3 Å². The number of hydrogen-bond acceptors (Lipinski definition) is 5. The molecular formula is C26H26ClN5O2S. The molecule has 7 nitrogen and oxygen atoms in total. The molecule has 5 rings (SSSR count). The van der Waals surface area contributed by atoms with Crippen LogP contribution in [-0.4, -0.2) is 51.1 Å². The third-order valence-electron chi connectivity index (χ3n) is 6.15. The highest BCUT2D eigenvalue weighted by Crippen LogP contribution is 2.34. The minimum atomic E-state index is -0.244. The third-order valence-corrected chi connectivity index (χ3v) is 7.42. The van der Waals surface area contributed by atoms with Crippen LogP contribution in [0.3, 0.4) is 0 Å². The molecule has 1 N–H and O–H groups in total. The second-order valence-corrected chi connectivity index (χ2v) is 10.5. The fourth-order valence-electron chi connectivity index (χ4n) is 4.18. The Morgan fingerprint density at radius 2 is 1.89 bits per heavy atom. The Morgan fingerprint density at radius 1 is 1.14 bits per heavy atom. The Kier molecular flexibility index (Phi) is 6.58. The number of amides is 2. The van der Waals surface area contributed by atoms with Crippen molar-refractivity contribution in [1.29, 1.82) is 0 Å². The molecule has 2 aromatic carbocycles. The summed E-state index contributed by atoms with van der Waals surface area (Å²) >= 11 is 7.56. The van der Waals surface area contributed by atoms with Gasteiger partial charge in [-0.05, 0) is 49.4 Å². The Morgan fingerprint density at radius 3 is 2.63 bits per heavy atom. The fraction of sp³-hybridized carbons (Fsp3) is 0.308. The Labute approximate surface area is 212 Å². The van der Waals surface area contributed by atoms with Gasteiger partial charge in [0.25, 0.3) is 11.8 Å². The first-order valence-electron chi connectivity index (χ1n) is 11.6. The van der Waals surface area contributed by atoms with Crippen molar-refractivity contribution in [2.75, 3.05) is 19.6 Å². The van der Waals surface area contributed by atoms with E-state index in [1.807, 2.05) is 67.4 Å². The van der Waals surface area contributed by atoms with Crippen LogP contribution in [0, 0.1) is 12.8 Å². The monoisotopic (exact) mass is 507 g/mol. The van der Waals surface area contributed by atoms with Crippen molar-refractivity contribution < 1.29 is 9.59 Å². The van der Waals surface area contributed by atoms with Gasteiger partial charge in [-0.25, -0.2) is 4.98 Å². The SMILES string of the molecule is Cc1nc(C(=O)N(CCNC(=O)c2nn(C)c3ccccc23)CC2CC2)c(-c2ccc(Cl)cc2)s1. The first-order chi connectivity index (χ1) is 16.9. The van der Waals surface area contributed by atoms with Crippen LogP contribution in [0.25, 0.3) is 21.3 Å². The van der Waals surface area contributed by atoms with E-state index in [2.05, 4.69) is 15.4 Å². The molecule has 4 aromatic rings. The lowest BCUT2D eigenvalue weighted by Gasteiger charge is -2.22. The molecule has 35 heavy (non-hydrogen) atoms. The lowest BCUT2D eigenvalue weighted by molar-refractivity contribution is 0.0736. The number of hydrogen-bond donors (Lipinski definition) is 1. The fourth-order valence-corrected chi connectivity index (χ4v) is 5.22. The molecule has 1 aliphatic carbocycles. The predicted molar refractivity (Wildman–Crippen MR) is 139 cm³/mol. The molecule has 2 aromatic heterocycles. The van der Waals surface area contributed by atoms with Crippen molar-refractivity contribution >= 4 is 45.7 Å². The van der Waals surface area contributed by atoms with Crippen molar-refractivity contribution in [3.63, 3.8) is 0 Å². The van der Waals surface area contributed by atoms with E-state index in [0.717, 1.165) is 39.2 Å². The maximum Gasteiger partial charge on any atom is 0.274 e. The molecule has 9 heteroatoms. The first-order valence-corrected chi connectivity index (χ1v) is 12.8. The lowest BCUT2D eigenvalue weighted by Crippen LogP contribution is -2.40. The second-order valence-electron chi connectivity index (χ2n) is 8.86. The van der Waals surface area contributed by atoms with Crippen molar-refractivity contribution in [2.45, 2.75) is 19.8 Å². The van der Waals surface area contributed by atoms with E-state index in [0.29, 0.717) is 42.0 Å². The number of thiazole rings is 1. The van der Waals surface area contributed by atoms with Crippen LogP contribution in [0.4, 0.5) is 0 Å². The van der Waals surface area contributed by atoms with Crippen LogP contribution in [0.5, 0.6) is 0 Å². The molecule has 0 atom stereocenters. The van der Waals surface area contributed by atoms with Gasteiger partial charge in [-0.2, -0.15) is 5.10 Å². The van der Waals surface area contributed by atoms with Crippen LogP contribution >= 0.6 is 22.9 Å². The van der Waals surface area contributed by atoms with Gasteiger partial charge in [0.1, 0.15) is 5.69 Å². The van der Waals surface area contributed by atoms with E-state index in [-0.39, 0.29) is 11.8 Å². The first kappa shape index (κ1) is 23.5.